The van der Waals surface area contributed by atoms with Gasteiger partial charge in [-0.1, -0.05) is 58.2 Å². The Kier molecular flexibility index (Phi) is 9.60. The predicted octanol–water partition coefficient (Wildman–Crippen LogP) is 5.27. The molecule has 228 valence electrons. The number of pyridine rings is 1. The number of β-amino-alcohol motifs (C(OH)–C–C–N with tert-alkyl or cyclic N) is 1. The van der Waals surface area contributed by atoms with Crippen LogP contribution in [0.5, 0.6) is 0 Å². The first-order valence-corrected chi connectivity index (χ1v) is 15.1. The topological polar surface area (TPSA) is 112 Å². The Hall–Kier alpha value is -3.46. The van der Waals surface area contributed by atoms with E-state index < -0.39 is 35.8 Å². The molecule has 2 heterocycles. The number of anilines is 1. The minimum atomic E-state index is -1.04. The van der Waals surface area contributed by atoms with Crippen LogP contribution in [-0.4, -0.2) is 63.2 Å². The molecule has 2 N–H and O–H groups in total. The fraction of sp³-hybridized carbons (Fsp3) is 0.576. The smallest absolute Gasteiger partial charge is 0.411 e. The van der Waals surface area contributed by atoms with E-state index in [9.17, 15) is 19.5 Å². The van der Waals surface area contributed by atoms with Gasteiger partial charge in [-0.2, -0.15) is 0 Å². The highest BCUT2D eigenvalue weighted by molar-refractivity contribution is 6.04. The van der Waals surface area contributed by atoms with Gasteiger partial charge in [0.15, 0.2) is 0 Å². The Labute approximate surface area is 249 Å². The number of aliphatic hydroxyl groups is 1. The van der Waals surface area contributed by atoms with Crippen LogP contribution < -0.4 is 10.2 Å². The number of aromatic nitrogens is 1. The molecule has 4 rings (SSSR count). The minimum absolute atomic E-state index is 0.0252. The van der Waals surface area contributed by atoms with Gasteiger partial charge < -0.3 is 15.2 Å². The van der Waals surface area contributed by atoms with Crippen LogP contribution in [0.1, 0.15) is 97.2 Å². The first kappa shape index (κ1) is 31.5. The Morgan fingerprint density at radius 1 is 1.02 bits per heavy atom. The molecule has 9 heteroatoms. The first-order chi connectivity index (χ1) is 19.7. The van der Waals surface area contributed by atoms with Crippen molar-refractivity contribution in [2.24, 2.45) is 0 Å². The molecule has 1 saturated carbocycles. The molecule has 1 saturated heterocycles. The maximum Gasteiger partial charge on any atom is 0.411 e. The van der Waals surface area contributed by atoms with Crippen molar-refractivity contribution < 1.29 is 24.2 Å². The molecule has 2 aliphatic rings. The molecule has 2 aromatic rings. The van der Waals surface area contributed by atoms with Gasteiger partial charge in [0.1, 0.15) is 17.7 Å². The number of hydrogen-bond acceptors (Lipinski definition) is 6. The fourth-order valence-corrected chi connectivity index (χ4v) is 5.74. The van der Waals surface area contributed by atoms with Crippen LogP contribution in [-0.2, 0) is 19.7 Å². The number of nitrogens with zero attached hydrogens (tertiary/aromatic N) is 3. The molecule has 0 radical (unpaired) electrons. The van der Waals surface area contributed by atoms with Gasteiger partial charge in [0.25, 0.3) is 5.91 Å². The number of benzene rings is 1. The summed E-state index contributed by atoms with van der Waals surface area (Å²) in [7, 11) is 0. The lowest BCUT2D eigenvalue weighted by Gasteiger charge is -2.36. The second-order valence-electron chi connectivity index (χ2n) is 13.6. The highest BCUT2D eigenvalue weighted by atomic mass is 16.6. The Balaban J connectivity index is 1.79. The van der Waals surface area contributed by atoms with Crippen molar-refractivity contribution in [1.29, 1.82) is 0 Å². The first-order valence-electron chi connectivity index (χ1n) is 15.1. The van der Waals surface area contributed by atoms with E-state index in [4.69, 9.17) is 4.74 Å². The summed E-state index contributed by atoms with van der Waals surface area (Å²) in [6.45, 7) is 11.6. The number of carbonyl (C=O) groups is 3. The molecule has 0 bridgehead atoms. The third-order valence-electron chi connectivity index (χ3n) is 7.90. The molecule has 1 aromatic heterocycles. The lowest BCUT2D eigenvalue weighted by molar-refractivity contribution is -0.129. The number of amides is 3. The third-order valence-corrected chi connectivity index (χ3v) is 7.90. The van der Waals surface area contributed by atoms with Crippen LogP contribution >= 0.6 is 0 Å². The normalized spacial score (nSPS) is 20.6. The van der Waals surface area contributed by atoms with Crippen LogP contribution in [0.3, 0.4) is 0 Å². The van der Waals surface area contributed by atoms with E-state index in [-0.39, 0.29) is 30.3 Å². The lowest BCUT2D eigenvalue weighted by Crippen LogP contribution is -2.53. The second-order valence-corrected chi connectivity index (χ2v) is 13.6. The van der Waals surface area contributed by atoms with Gasteiger partial charge in [0.05, 0.1) is 12.6 Å². The Morgan fingerprint density at radius 3 is 2.26 bits per heavy atom. The van der Waals surface area contributed by atoms with E-state index >= 15 is 0 Å². The second kappa shape index (κ2) is 12.8. The molecular weight excluding hydrogens is 532 g/mol. The largest absolute Gasteiger partial charge is 0.444 e. The molecule has 1 aliphatic heterocycles. The lowest BCUT2D eigenvalue weighted by atomic mass is 9.87. The molecule has 2 fully saturated rings. The summed E-state index contributed by atoms with van der Waals surface area (Å²) in [5, 5.41) is 13.8. The number of hydrogen-bond donors (Lipinski definition) is 2. The van der Waals surface area contributed by atoms with Crippen molar-refractivity contribution in [2.75, 3.05) is 11.4 Å². The zero-order valence-electron chi connectivity index (χ0n) is 25.8. The number of carbonyl (C=O) groups excluding carboxylic acids is 3. The zero-order chi connectivity index (χ0) is 30.7. The summed E-state index contributed by atoms with van der Waals surface area (Å²) in [4.78, 5) is 49.0. The average molecular weight is 579 g/mol. The van der Waals surface area contributed by atoms with Crippen molar-refractivity contribution in [2.45, 2.75) is 115 Å². The highest BCUT2D eigenvalue weighted by Crippen LogP contribution is 2.34. The van der Waals surface area contributed by atoms with E-state index in [1.54, 1.807) is 45.3 Å². The van der Waals surface area contributed by atoms with Gasteiger partial charge in [0, 0.05) is 36.1 Å². The number of nitrogens with one attached hydrogen (secondary N) is 1. The molecule has 1 aliphatic carbocycles. The molecule has 3 amide bonds. The van der Waals surface area contributed by atoms with Crippen molar-refractivity contribution in [3.8, 4) is 0 Å². The number of likely N-dealkylation sites (tertiary alicyclic amines) is 1. The molecule has 1 unspecified atom stereocenters. The van der Waals surface area contributed by atoms with E-state index in [1.807, 2.05) is 24.3 Å². The van der Waals surface area contributed by atoms with Crippen LogP contribution in [0.2, 0.25) is 0 Å². The quantitative estimate of drug-likeness (QED) is 0.483. The number of aliphatic hydroxyl groups excluding tert-OH is 1. The summed E-state index contributed by atoms with van der Waals surface area (Å²) in [5.41, 5.74) is 1.26. The van der Waals surface area contributed by atoms with Gasteiger partial charge in [-0.25, -0.2) is 4.79 Å². The van der Waals surface area contributed by atoms with Crippen molar-refractivity contribution in [1.82, 2.24) is 15.2 Å². The molecule has 3 atom stereocenters. The summed E-state index contributed by atoms with van der Waals surface area (Å²) in [6, 6.07) is 9.12. The van der Waals surface area contributed by atoms with E-state index in [0.717, 1.165) is 37.7 Å². The summed E-state index contributed by atoms with van der Waals surface area (Å²) in [5.74, 6) is -0.765. The highest BCUT2D eigenvalue weighted by Gasteiger charge is 2.46. The van der Waals surface area contributed by atoms with Gasteiger partial charge in [-0.05, 0) is 62.8 Å². The van der Waals surface area contributed by atoms with Crippen LogP contribution in [0.4, 0.5) is 10.5 Å². The summed E-state index contributed by atoms with van der Waals surface area (Å²) in [6.07, 6.45) is 6.71. The van der Waals surface area contributed by atoms with Crippen LogP contribution in [0.25, 0.3) is 0 Å². The van der Waals surface area contributed by atoms with Crippen molar-refractivity contribution in [3.63, 3.8) is 0 Å². The predicted molar refractivity (Wildman–Crippen MR) is 162 cm³/mol. The number of rotatable bonds is 6. The Bertz CT molecular complexity index is 1230. The summed E-state index contributed by atoms with van der Waals surface area (Å²) >= 11 is 0. The third kappa shape index (κ3) is 7.68. The molecule has 1 aromatic carbocycles. The van der Waals surface area contributed by atoms with Gasteiger partial charge >= 0.3 is 6.09 Å². The van der Waals surface area contributed by atoms with Crippen LogP contribution in [0, 0.1) is 0 Å². The number of ether oxygens (including phenoxy) is 1. The SMILES string of the molecule is CC(C)(C)OC(=O)N1C[C@@H](O)C[C@@H]1C(=O)N(c1ccc(C(C)(C)C)cc1)C(C(=O)NC1CCCCC1)c1cccnc1. The van der Waals surface area contributed by atoms with Crippen molar-refractivity contribution in [3.05, 3.63) is 59.9 Å². The maximum absolute atomic E-state index is 14.6. The molecule has 0 spiro atoms. The maximum atomic E-state index is 14.6. The van der Waals surface area contributed by atoms with E-state index in [1.165, 1.54) is 9.80 Å². The molecule has 9 nitrogen and oxygen atoms in total. The van der Waals surface area contributed by atoms with Gasteiger partial charge in [-0.3, -0.25) is 24.4 Å². The molecule has 42 heavy (non-hydrogen) atoms. The van der Waals surface area contributed by atoms with Gasteiger partial charge in [-0.15, -0.1) is 0 Å². The zero-order valence-corrected chi connectivity index (χ0v) is 25.8. The molecular formula is C33H46N4O5. The average Bonchev–Trinajstić information content (AvgIpc) is 3.33. The van der Waals surface area contributed by atoms with Crippen molar-refractivity contribution >= 4 is 23.6 Å². The van der Waals surface area contributed by atoms with Crippen LogP contribution in [0.15, 0.2) is 48.8 Å². The summed E-state index contributed by atoms with van der Waals surface area (Å²) < 4.78 is 5.60. The fourth-order valence-electron chi connectivity index (χ4n) is 5.74. The Morgan fingerprint density at radius 2 is 1.69 bits per heavy atom. The van der Waals surface area contributed by atoms with E-state index in [2.05, 4.69) is 31.1 Å². The standard InChI is InChI=1S/C33H46N4O5/c1-32(2,3)23-14-16-25(17-15-23)37(30(40)27-19-26(38)21-36(27)31(41)42-33(4,5)6)28(22-11-10-18-34-20-22)29(39)35-24-12-8-7-9-13-24/h10-11,14-18,20,24,26-28,38H,7-9,12-13,19,21H2,1-6H3,(H,35,39)/t26-,27+,28?/m0/s1. The van der Waals surface area contributed by atoms with Gasteiger partial charge in [0.2, 0.25) is 5.91 Å². The monoisotopic (exact) mass is 578 g/mol. The minimum Gasteiger partial charge on any atom is -0.444 e. The van der Waals surface area contributed by atoms with E-state index in [0.29, 0.717) is 11.3 Å².